The van der Waals surface area contributed by atoms with Gasteiger partial charge in [-0.3, -0.25) is 9.59 Å². The van der Waals surface area contributed by atoms with E-state index in [1.54, 1.807) is 6.92 Å². The molecule has 7 nitrogen and oxygen atoms in total. The number of aryl methyl sites for hydroxylation is 2. The molecule has 1 heterocycles. The van der Waals surface area contributed by atoms with Crippen LogP contribution in [0.3, 0.4) is 0 Å². The van der Waals surface area contributed by atoms with Gasteiger partial charge >= 0.3 is 12.0 Å². The Morgan fingerprint density at radius 3 is 2.26 bits per heavy atom. The van der Waals surface area contributed by atoms with Gasteiger partial charge in [-0.05, 0) is 57.6 Å². The SMILES string of the molecule is CCOC(=O)C1CCN(C(=O)C2(NC(=O)Nc3c(C)cccc3C)CCCCC2)CC1. The van der Waals surface area contributed by atoms with Crippen LogP contribution in [0, 0.1) is 19.8 Å². The number of likely N-dealkylation sites (tertiary alicyclic amines) is 1. The van der Waals surface area contributed by atoms with E-state index in [0.29, 0.717) is 45.4 Å². The van der Waals surface area contributed by atoms with E-state index in [9.17, 15) is 14.4 Å². The van der Waals surface area contributed by atoms with Crippen LogP contribution in [0.15, 0.2) is 18.2 Å². The number of esters is 1. The summed E-state index contributed by atoms with van der Waals surface area (Å²) < 4.78 is 5.13. The van der Waals surface area contributed by atoms with Crippen LogP contribution in [0.2, 0.25) is 0 Å². The van der Waals surface area contributed by atoms with Crippen LogP contribution in [-0.2, 0) is 14.3 Å². The fraction of sp³-hybridized carbons (Fsp3) is 0.625. The Morgan fingerprint density at radius 2 is 1.68 bits per heavy atom. The van der Waals surface area contributed by atoms with Gasteiger partial charge in [0.1, 0.15) is 5.54 Å². The number of rotatable bonds is 5. The van der Waals surface area contributed by atoms with Gasteiger partial charge < -0.3 is 20.3 Å². The summed E-state index contributed by atoms with van der Waals surface area (Å²) in [5.74, 6) is -0.342. The largest absolute Gasteiger partial charge is 0.466 e. The van der Waals surface area contributed by atoms with Gasteiger partial charge in [0.2, 0.25) is 5.91 Å². The monoisotopic (exact) mass is 429 g/mol. The molecule has 2 N–H and O–H groups in total. The maximum absolute atomic E-state index is 13.6. The lowest BCUT2D eigenvalue weighted by atomic mass is 9.80. The van der Waals surface area contributed by atoms with E-state index in [1.165, 1.54) is 0 Å². The molecule has 1 aliphatic carbocycles. The third-order valence-corrected chi connectivity index (χ3v) is 6.59. The minimum absolute atomic E-state index is 0.0221. The normalized spacial score (nSPS) is 18.9. The lowest BCUT2D eigenvalue weighted by Gasteiger charge is -2.42. The highest BCUT2D eigenvalue weighted by Crippen LogP contribution is 2.32. The summed E-state index contributed by atoms with van der Waals surface area (Å²) in [6, 6.07) is 5.53. The second-order valence-electron chi connectivity index (χ2n) is 8.81. The molecule has 1 aliphatic heterocycles. The molecule has 2 fully saturated rings. The second-order valence-corrected chi connectivity index (χ2v) is 8.81. The summed E-state index contributed by atoms with van der Waals surface area (Å²) in [7, 11) is 0. The van der Waals surface area contributed by atoms with Crippen LogP contribution in [0.4, 0.5) is 10.5 Å². The Balaban J connectivity index is 1.68. The number of anilines is 1. The van der Waals surface area contributed by atoms with Crippen molar-refractivity contribution in [3.05, 3.63) is 29.3 Å². The highest BCUT2D eigenvalue weighted by atomic mass is 16.5. The summed E-state index contributed by atoms with van der Waals surface area (Å²) in [5, 5.41) is 6.02. The molecule has 0 spiro atoms. The average Bonchev–Trinajstić information content (AvgIpc) is 2.77. The van der Waals surface area contributed by atoms with Crippen molar-refractivity contribution in [3.8, 4) is 0 Å². The van der Waals surface area contributed by atoms with E-state index >= 15 is 0 Å². The topological polar surface area (TPSA) is 87.7 Å². The van der Waals surface area contributed by atoms with Gasteiger partial charge in [0.15, 0.2) is 0 Å². The van der Waals surface area contributed by atoms with E-state index in [-0.39, 0.29) is 23.8 Å². The number of hydrogen-bond donors (Lipinski definition) is 2. The lowest BCUT2D eigenvalue weighted by molar-refractivity contribution is -0.152. The van der Waals surface area contributed by atoms with Gasteiger partial charge in [-0.2, -0.15) is 0 Å². The first-order valence-corrected chi connectivity index (χ1v) is 11.5. The van der Waals surface area contributed by atoms with E-state index in [4.69, 9.17) is 4.74 Å². The number of para-hydroxylation sites is 1. The predicted molar refractivity (Wildman–Crippen MR) is 120 cm³/mol. The van der Waals surface area contributed by atoms with Crippen LogP contribution in [-0.4, -0.2) is 48.0 Å². The lowest BCUT2D eigenvalue weighted by Crippen LogP contribution is -2.62. The zero-order valence-electron chi connectivity index (χ0n) is 19.0. The number of carbonyl (C=O) groups is 3. The summed E-state index contributed by atoms with van der Waals surface area (Å²) in [6.45, 7) is 7.13. The smallest absolute Gasteiger partial charge is 0.320 e. The van der Waals surface area contributed by atoms with Gasteiger partial charge in [0, 0.05) is 18.8 Å². The number of urea groups is 1. The summed E-state index contributed by atoms with van der Waals surface area (Å²) in [5.41, 5.74) is 1.88. The molecule has 1 saturated heterocycles. The molecule has 1 saturated carbocycles. The fourth-order valence-electron chi connectivity index (χ4n) is 4.80. The molecule has 0 atom stereocenters. The number of amides is 3. The van der Waals surface area contributed by atoms with Crippen molar-refractivity contribution in [1.82, 2.24) is 10.2 Å². The molecule has 170 valence electrons. The summed E-state index contributed by atoms with van der Waals surface area (Å²) in [6.07, 6.45) is 5.39. The quantitative estimate of drug-likeness (QED) is 0.694. The van der Waals surface area contributed by atoms with Gasteiger partial charge in [0.25, 0.3) is 0 Å². The number of ether oxygens (including phenoxy) is 1. The Morgan fingerprint density at radius 1 is 1.06 bits per heavy atom. The molecule has 31 heavy (non-hydrogen) atoms. The minimum atomic E-state index is -0.879. The van der Waals surface area contributed by atoms with Crippen LogP contribution >= 0.6 is 0 Å². The molecular formula is C24H35N3O4. The molecule has 0 unspecified atom stereocenters. The minimum Gasteiger partial charge on any atom is -0.466 e. The van der Waals surface area contributed by atoms with Crippen molar-refractivity contribution in [3.63, 3.8) is 0 Å². The predicted octanol–water partition coefficient (Wildman–Crippen LogP) is 3.93. The Bertz CT molecular complexity index is 789. The van der Waals surface area contributed by atoms with Crippen molar-refractivity contribution in [2.75, 3.05) is 25.0 Å². The van der Waals surface area contributed by atoms with Gasteiger partial charge in [0.05, 0.1) is 12.5 Å². The van der Waals surface area contributed by atoms with Crippen LogP contribution < -0.4 is 10.6 Å². The molecule has 1 aromatic rings. The third-order valence-electron chi connectivity index (χ3n) is 6.59. The Kier molecular flexibility index (Phi) is 7.57. The number of benzene rings is 1. The molecular weight excluding hydrogens is 394 g/mol. The van der Waals surface area contributed by atoms with Gasteiger partial charge in [-0.25, -0.2) is 4.79 Å². The molecule has 7 heteroatoms. The molecule has 0 radical (unpaired) electrons. The number of hydrogen-bond acceptors (Lipinski definition) is 4. The standard InChI is InChI=1S/C24H35N3O4/c1-4-31-21(28)19-11-15-27(16-12-19)22(29)24(13-6-5-7-14-24)26-23(30)25-20-17(2)9-8-10-18(20)3/h8-10,19H,4-7,11-16H2,1-3H3,(H2,25,26,30). The van der Waals surface area contributed by atoms with E-state index in [0.717, 1.165) is 36.1 Å². The van der Waals surface area contributed by atoms with Crippen LogP contribution in [0.25, 0.3) is 0 Å². The van der Waals surface area contributed by atoms with Crippen LogP contribution in [0.1, 0.15) is 63.0 Å². The van der Waals surface area contributed by atoms with Crippen molar-refractivity contribution in [2.45, 2.75) is 71.3 Å². The van der Waals surface area contributed by atoms with Gasteiger partial charge in [-0.1, -0.05) is 37.5 Å². The van der Waals surface area contributed by atoms with E-state index in [2.05, 4.69) is 10.6 Å². The molecule has 2 aliphatic rings. The molecule has 3 rings (SSSR count). The maximum Gasteiger partial charge on any atom is 0.320 e. The van der Waals surface area contributed by atoms with Crippen LogP contribution in [0.5, 0.6) is 0 Å². The van der Waals surface area contributed by atoms with Crippen molar-refractivity contribution in [1.29, 1.82) is 0 Å². The molecule has 0 aromatic heterocycles. The third kappa shape index (κ3) is 5.38. The fourth-order valence-corrected chi connectivity index (χ4v) is 4.80. The first-order chi connectivity index (χ1) is 14.9. The van der Waals surface area contributed by atoms with Crippen molar-refractivity contribution >= 4 is 23.6 Å². The van der Waals surface area contributed by atoms with E-state index in [1.807, 2.05) is 36.9 Å². The summed E-state index contributed by atoms with van der Waals surface area (Å²) in [4.78, 5) is 40.3. The molecule has 0 bridgehead atoms. The first kappa shape index (κ1) is 23.1. The molecule has 1 aromatic carbocycles. The zero-order chi connectivity index (χ0) is 22.4. The highest BCUT2D eigenvalue weighted by molar-refractivity contribution is 5.97. The number of nitrogens with one attached hydrogen (secondary N) is 2. The van der Waals surface area contributed by atoms with Crippen molar-refractivity contribution in [2.24, 2.45) is 5.92 Å². The van der Waals surface area contributed by atoms with Gasteiger partial charge in [-0.15, -0.1) is 0 Å². The summed E-state index contributed by atoms with van der Waals surface area (Å²) >= 11 is 0. The molecule has 3 amide bonds. The first-order valence-electron chi connectivity index (χ1n) is 11.5. The van der Waals surface area contributed by atoms with E-state index < -0.39 is 5.54 Å². The Hall–Kier alpha value is -2.57. The number of carbonyl (C=O) groups excluding carboxylic acids is 3. The highest BCUT2D eigenvalue weighted by Gasteiger charge is 2.44. The number of piperidine rings is 1. The Labute approximate surface area is 184 Å². The second kappa shape index (κ2) is 10.2. The maximum atomic E-state index is 13.6. The van der Waals surface area contributed by atoms with Crippen molar-refractivity contribution < 1.29 is 19.1 Å². The average molecular weight is 430 g/mol. The zero-order valence-corrected chi connectivity index (χ0v) is 19.0. The number of nitrogens with zero attached hydrogens (tertiary/aromatic N) is 1.